The van der Waals surface area contributed by atoms with Crippen LogP contribution in [0.4, 0.5) is 11.4 Å². The van der Waals surface area contributed by atoms with Crippen LogP contribution in [0.1, 0.15) is 23.2 Å². The molecule has 1 aliphatic heterocycles. The van der Waals surface area contributed by atoms with Crippen LogP contribution in [0.25, 0.3) is 0 Å². The number of hydrogen-bond donors (Lipinski definition) is 2. The molecule has 10 nitrogen and oxygen atoms in total. The molecule has 11 heteroatoms. The summed E-state index contributed by atoms with van der Waals surface area (Å²) >= 11 is 0. The summed E-state index contributed by atoms with van der Waals surface area (Å²) in [5.74, 6) is -1.29. The minimum Gasteiger partial charge on any atom is -0.469 e. The van der Waals surface area contributed by atoms with Gasteiger partial charge >= 0.3 is 5.97 Å². The Labute approximate surface area is 205 Å². The van der Waals surface area contributed by atoms with E-state index < -0.39 is 21.9 Å². The van der Waals surface area contributed by atoms with Crippen LogP contribution in [-0.4, -0.2) is 76.2 Å². The Hall–Kier alpha value is -3.44. The highest BCUT2D eigenvalue weighted by Crippen LogP contribution is 2.25. The maximum absolute atomic E-state index is 13.0. The Balaban J connectivity index is 1.55. The van der Waals surface area contributed by atoms with Crippen LogP contribution in [0.3, 0.4) is 0 Å². The molecular weight excluding hydrogens is 472 g/mol. The lowest BCUT2D eigenvalue weighted by Gasteiger charge is -2.30. The summed E-state index contributed by atoms with van der Waals surface area (Å²) in [6.45, 7) is 0.414. The van der Waals surface area contributed by atoms with E-state index in [9.17, 15) is 22.8 Å². The summed E-state index contributed by atoms with van der Waals surface area (Å²) in [6.07, 6.45) is 1.18. The van der Waals surface area contributed by atoms with Crippen molar-refractivity contribution < 1.29 is 27.5 Å². The highest BCUT2D eigenvalue weighted by atomic mass is 32.2. The molecule has 0 spiro atoms. The molecule has 2 aromatic carbocycles. The number of sulfonamides is 1. The van der Waals surface area contributed by atoms with Gasteiger partial charge in [-0.2, -0.15) is 4.31 Å². The Morgan fingerprint density at radius 1 is 1.03 bits per heavy atom. The average Bonchev–Trinajstić information content (AvgIpc) is 2.87. The smallest absolute Gasteiger partial charge is 0.309 e. The first kappa shape index (κ1) is 26.2. The zero-order chi connectivity index (χ0) is 25.6. The van der Waals surface area contributed by atoms with Gasteiger partial charge in [-0.25, -0.2) is 8.42 Å². The van der Waals surface area contributed by atoms with E-state index in [1.165, 1.54) is 28.4 Å². The van der Waals surface area contributed by atoms with Crippen LogP contribution >= 0.6 is 0 Å². The van der Waals surface area contributed by atoms with E-state index in [2.05, 4.69) is 10.6 Å². The number of benzene rings is 2. The molecule has 1 unspecified atom stereocenters. The summed E-state index contributed by atoms with van der Waals surface area (Å²) in [4.78, 5) is 37.6. The number of ether oxygens (including phenoxy) is 1. The molecule has 3 rings (SSSR count). The van der Waals surface area contributed by atoms with Crippen molar-refractivity contribution in [1.29, 1.82) is 0 Å². The predicted molar refractivity (Wildman–Crippen MR) is 132 cm³/mol. The zero-order valence-electron chi connectivity index (χ0n) is 20.0. The lowest BCUT2D eigenvalue weighted by atomic mass is 10.0. The number of rotatable bonds is 8. The Morgan fingerprint density at radius 3 is 2.26 bits per heavy atom. The number of methoxy groups -OCH3 is 1. The van der Waals surface area contributed by atoms with Gasteiger partial charge in [-0.05, 0) is 61.4 Å². The lowest BCUT2D eigenvalue weighted by Crippen LogP contribution is -2.42. The van der Waals surface area contributed by atoms with Crippen molar-refractivity contribution in [3.63, 3.8) is 0 Å². The number of nitrogens with one attached hydrogen (secondary N) is 2. The van der Waals surface area contributed by atoms with E-state index in [4.69, 9.17) is 4.74 Å². The van der Waals surface area contributed by atoms with Crippen LogP contribution in [-0.2, 0) is 24.3 Å². The number of piperidine rings is 1. The van der Waals surface area contributed by atoms with Crippen molar-refractivity contribution in [3.05, 3.63) is 54.1 Å². The van der Waals surface area contributed by atoms with Crippen LogP contribution < -0.4 is 10.6 Å². The van der Waals surface area contributed by atoms with E-state index in [0.717, 1.165) is 0 Å². The largest absolute Gasteiger partial charge is 0.469 e. The quantitative estimate of drug-likeness (QED) is 0.529. The number of carbonyl (C=O) groups is 3. The van der Waals surface area contributed by atoms with E-state index in [-0.39, 0.29) is 29.8 Å². The molecule has 0 radical (unpaired) electrons. The first-order valence-electron chi connectivity index (χ1n) is 11.2. The second-order valence-electron chi connectivity index (χ2n) is 8.43. The molecule has 0 saturated carbocycles. The molecule has 1 heterocycles. The molecule has 2 aromatic rings. The number of esters is 1. The fraction of sp³-hybridized carbons (Fsp3) is 0.375. The van der Waals surface area contributed by atoms with E-state index in [1.54, 1.807) is 50.5 Å². The first-order chi connectivity index (χ1) is 16.6. The van der Waals surface area contributed by atoms with Gasteiger partial charge in [-0.15, -0.1) is 0 Å². The van der Waals surface area contributed by atoms with Gasteiger partial charge in [0.2, 0.25) is 15.9 Å². The Bertz CT molecular complexity index is 1160. The monoisotopic (exact) mass is 502 g/mol. The molecule has 1 saturated heterocycles. The number of anilines is 2. The molecule has 1 fully saturated rings. The summed E-state index contributed by atoms with van der Waals surface area (Å²) < 4.78 is 32.1. The summed E-state index contributed by atoms with van der Waals surface area (Å²) in [7, 11) is 0.881. The molecule has 0 aromatic heterocycles. The Morgan fingerprint density at radius 2 is 1.66 bits per heavy atom. The van der Waals surface area contributed by atoms with Gasteiger partial charge in [0.1, 0.15) is 0 Å². The van der Waals surface area contributed by atoms with Gasteiger partial charge < -0.3 is 20.3 Å². The van der Waals surface area contributed by atoms with E-state index >= 15 is 0 Å². The van der Waals surface area contributed by atoms with Crippen LogP contribution in [0, 0.1) is 5.92 Å². The normalized spacial score (nSPS) is 16.3. The van der Waals surface area contributed by atoms with Gasteiger partial charge in [0.25, 0.3) is 5.91 Å². The van der Waals surface area contributed by atoms with E-state index in [0.29, 0.717) is 36.3 Å². The molecule has 0 aliphatic carbocycles. The van der Waals surface area contributed by atoms with Crippen molar-refractivity contribution >= 4 is 39.2 Å². The van der Waals surface area contributed by atoms with Crippen LogP contribution in [0.15, 0.2) is 53.4 Å². The van der Waals surface area contributed by atoms with Crippen LogP contribution in [0.2, 0.25) is 0 Å². The van der Waals surface area contributed by atoms with Gasteiger partial charge in [0.05, 0.1) is 24.5 Å². The third-order valence-corrected chi connectivity index (χ3v) is 7.56. The number of carbonyl (C=O) groups excluding carboxylic acids is 3. The Kier molecular flexibility index (Phi) is 8.47. The fourth-order valence-corrected chi connectivity index (χ4v) is 5.28. The zero-order valence-corrected chi connectivity index (χ0v) is 20.8. The van der Waals surface area contributed by atoms with Gasteiger partial charge in [-0.3, -0.25) is 14.4 Å². The second-order valence-corrected chi connectivity index (χ2v) is 10.4. The molecule has 2 amide bonds. The minimum atomic E-state index is -3.75. The van der Waals surface area contributed by atoms with Crippen LogP contribution in [0.5, 0.6) is 0 Å². The molecule has 1 aliphatic rings. The van der Waals surface area contributed by atoms with Crippen molar-refractivity contribution in [2.24, 2.45) is 5.92 Å². The molecular formula is C24H30N4O6S. The number of amides is 2. The molecule has 0 bridgehead atoms. The van der Waals surface area contributed by atoms with Gasteiger partial charge in [-0.1, -0.05) is 0 Å². The number of nitrogens with zero attached hydrogens (tertiary/aromatic N) is 2. The number of hydrogen-bond acceptors (Lipinski definition) is 7. The predicted octanol–water partition coefficient (Wildman–Crippen LogP) is 2.01. The highest BCUT2D eigenvalue weighted by molar-refractivity contribution is 7.89. The van der Waals surface area contributed by atoms with Gasteiger partial charge in [0, 0.05) is 44.1 Å². The van der Waals surface area contributed by atoms with Crippen molar-refractivity contribution in [2.75, 3.05) is 51.5 Å². The first-order valence-corrected chi connectivity index (χ1v) is 12.6. The molecule has 188 valence electrons. The van der Waals surface area contributed by atoms with Gasteiger partial charge in [0.15, 0.2) is 0 Å². The highest BCUT2D eigenvalue weighted by Gasteiger charge is 2.33. The summed E-state index contributed by atoms with van der Waals surface area (Å²) in [5, 5.41) is 5.69. The standard InChI is InChI=1S/C24H30N4O6S/c1-27(2)23(30)17-6-8-20(9-7-17)26-22(29)15-25-19-10-12-21(13-11-19)35(32,33)28-14-4-5-18(16-28)24(31)34-3/h6-13,18,25H,4-5,14-16H2,1-3H3,(H,26,29). The summed E-state index contributed by atoms with van der Waals surface area (Å²) in [6, 6.07) is 12.7. The molecule has 35 heavy (non-hydrogen) atoms. The van der Waals surface area contributed by atoms with Crippen molar-refractivity contribution in [2.45, 2.75) is 17.7 Å². The summed E-state index contributed by atoms with van der Waals surface area (Å²) in [5.41, 5.74) is 1.66. The molecule has 1 atom stereocenters. The SMILES string of the molecule is COC(=O)C1CCCN(S(=O)(=O)c2ccc(NCC(=O)Nc3ccc(C(=O)N(C)C)cc3)cc2)C1. The third-order valence-electron chi connectivity index (χ3n) is 5.69. The molecule has 2 N–H and O–H groups in total. The van der Waals surface area contributed by atoms with E-state index in [1.807, 2.05) is 0 Å². The fourth-order valence-electron chi connectivity index (χ4n) is 3.76. The third kappa shape index (κ3) is 6.58. The van der Waals surface area contributed by atoms with Crippen molar-refractivity contribution in [3.8, 4) is 0 Å². The topological polar surface area (TPSA) is 125 Å². The lowest BCUT2D eigenvalue weighted by molar-refractivity contribution is -0.146. The minimum absolute atomic E-state index is 0.0303. The maximum Gasteiger partial charge on any atom is 0.309 e. The maximum atomic E-state index is 13.0. The average molecular weight is 503 g/mol. The van der Waals surface area contributed by atoms with Crippen molar-refractivity contribution in [1.82, 2.24) is 9.21 Å². The second kappa shape index (κ2) is 11.3.